The number of hydrogen-bond donors (Lipinski definition) is 0. The van der Waals surface area contributed by atoms with Crippen LogP contribution in [0.4, 0.5) is 0 Å². The molecule has 0 atom stereocenters. The summed E-state index contributed by atoms with van der Waals surface area (Å²) in [4.78, 5) is 14.3. The Kier molecular flexibility index (Phi) is 6.63. The van der Waals surface area contributed by atoms with E-state index in [2.05, 4.69) is 15.5 Å². The van der Waals surface area contributed by atoms with Crippen molar-refractivity contribution in [2.45, 2.75) is 16.3 Å². The van der Waals surface area contributed by atoms with Crippen LogP contribution in [0.1, 0.15) is 5.56 Å². The SMILES string of the molecule is Cc1ccc(-n2nnnc2SCC(=O)N2CCN(S(=O)(=O)c3ccc(Cl)s3)CC2)cc1. The lowest BCUT2D eigenvalue weighted by molar-refractivity contribution is -0.129. The molecule has 1 aliphatic heterocycles. The third-order valence-electron chi connectivity index (χ3n) is 4.78. The van der Waals surface area contributed by atoms with Gasteiger partial charge in [-0.1, -0.05) is 41.1 Å². The van der Waals surface area contributed by atoms with E-state index < -0.39 is 10.0 Å². The molecule has 0 bridgehead atoms. The number of nitrogens with zero attached hydrogens (tertiary/aromatic N) is 6. The Balaban J connectivity index is 1.33. The van der Waals surface area contributed by atoms with Crippen molar-refractivity contribution in [3.63, 3.8) is 0 Å². The van der Waals surface area contributed by atoms with Gasteiger partial charge in [-0.3, -0.25) is 4.79 Å². The van der Waals surface area contributed by atoms with Gasteiger partial charge in [-0.2, -0.15) is 8.99 Å². The molecule has 0 radical (unpaired) electrons. The van der Waals surface area contributed by atoms with Crippen molar-refractivity contribution in [1.82, 2.24) is 29.4 Å². The summed E-state index contributed by atoms with van der Waals surface area (Å²) in [5, 5.41) is 12.2. The summed E-state index contributed by atoms with van der Waals surface area (Å²) in [6, 6.07) is 10.8. The van der Waals surface area contributed by atoms with E-state index in [0.717, 1.165) is 22.6 Å². The predicted octanol–water partition coefficient (Wildman–Crippen LogP) is 2.31. The molecular weight excluding hydrogens is 480 g/mol. The molecule has 0 spiro atoms. The van der Waals surface area contributed by atoms with E-state index in [1.54, 1.807) is 15.6 Å². The Morgan fingerprint density at radius 1 is 1.13 bits per heavy atom. The van der Waals surface area contributed by atoms with E-state index >= 15 is 0 Å². The average molecular weight is 499 g/mol. The summed E-state index contributed by atoms with van der Waals surface area (Å²) in [6.07, 6.45) is 0. The summed E-state index contributed by atoms with van der Waals surface area (Å²) in [7, 11) is -3.58. The van der Waals surface area contributed by atoms with E-state index in [-0.39, 0.29) is 29.0 Å². The van der Waals surface area contributed by atoms with Gasteiger partial charge in [0.1, 0.15) is 4.21 Å². The van der Waals surface area contributed by atoms with Gasteiger partial charge in [-0.25, -0.2) is 8.42 Å². The number of aromatic nitrogens is 4. The Hall–Kier alpha value is -1.99. The molecule has 3 heterocycles. The third kappa shape index (κ3) is 4.93. The van der Waals surface area contributed by atoms with Crippen molar-refractivity contribution >= 4 is 50.6 Å². The number of thioether (sulfide) groups is 1. The molecule has 3 aromatic rings. The van der Waals surface area contributed by atoms with E-state index in [0.29, 0.717) is 22.6 Å². The van der Waals surface area contributed by atoms with Gasteiger partial charge in [0.2, 0.25) is 11.1 Å². The predicted molar refractivity (Wildman–Crippen MR) is 119 cm³/mol. The maximum atomic E-state index is 12.7. The summed E-state index contributed by atoms with van der Waals surface area (Å²) < 4.78 is 29.0. The van der Waals surface area contributed by atoms with Crippen molar-refractivity contribution < 1.29 is 13.2 Å². The number of benzene rings is 1. The lowest BCUT2D eigenvalue weighted by Crippen LogP contribution is -2.50. The van der Waals surface area contributed by atoms with Gasteiger partial charge in [0.05, 0.1) is 15.8 Å². The first-order valence-corrected chi connectivity index (χ1v) is 13.0. The topological polar surface area (TPSA) is 101 Å². The highest BCUT2D eigenvalue weighted by Gasteiger charge is 2.31. The number of carbonyl (C=O) groups excluding carboxylic acids is 1. The number of piperazine rings is 1. The molecule has 0 saturated carbocycles. The molecule has 31 heavy (non-hydrogen) atoms. The average Bonchev–Trinajstić information content (AvgIpc) is 3.42. The maximum absolute atomic E-state index is 12.7. The van der Waals surface area contributed by atoms with Crippen molar-refractivity contribution in [2.24, 2.45) is 0 Å². The van der Waals surface area contributed by atoms with Crippen molar-refractivity contribution in [1.29, 1.82) is 0 Å². The van der Waals surface area contributed by atoms with Crippen molar-refractivity contribution in [3.05, 3.63) is 46.3 Å². The molecule has 1 aliphatic rings. The zero-order valence-electron chi connectivity index (χ0n) is 16.5. The maximum Gasteiger partial charge on any atom is 0.252 e. The second-order valence-corrected chi connectivity index (χ2v) is 11.7. The quantitative estimate of drug-likeness (QED) is 0.480. The van der Waals surface area contributed by atoms with E-state index in [1.807, 2.05) is 31.2 Å². The number of aryl methyl sites for hydroxylation is 1. The summed E-state index contributed by atoms with van der Waals surface area (Å²) >= 11 is 8.15. The number of carbonyl (C=O) groups is 1. The molecule has 4 rings (SSSR count). The first-order valence-electron chi connectivity index (χ1n) is 9.36. The second-order valence-electron chi connectivity index (χ2n) is 6.84. The highest BCUT2D eigenvalue weighted by atomic mass is 35.5. The molecular formula is C18H19ClN6O3S3. The smallest absolute Gasteiger partial charge is 0.252 e. The van der Waals surface area contributed by atoms with E-state index in [4.69, 9.17) is 11.6 Å². The number of hydrogen-bond acceptors (Lipinski definition) is 8. The van der Waals surface area contributed by atoms with E-state index in [9.17, 15) is 13.2 Å². The molecule has 9 nitrogen and oxygen atoms in total. The standard InChI is InChI=1S/C18H19ClN6O3S3/c1-13-2-4-14(5-3-13)25-18(20-21-22-25)29-12-16(26)23-8-10-24(11-9-23)31(27,28)17-7-6-15(19)30-17/h2-7H,8-12H2,1H3. The molecule has 1 saturated heterocycles. The van der Waals surface area contributed by atoms with Crippen LogP contribution < -0.4 is 0 Å². The third-order valence-corrected chi connectivity index (χ3v) is 9.28. The Bertz CT molecular complexity index is 1170. The fourth-order valence-corrected chi connectivity index (χ4v) is 6.93. The Labute approximate surface area is 193 Å². The number of tetrazole rings is 1. The zero-order chi connectivity index (χ0) is 22.0. The summed E-state index contributed by atoms with van der Waals surface area (Å²) in [6.45, 7) is 3.16. The molecule has 0 N–H and O–H groups in total. The van der Waals surface area contributed by atoms with Crippen LogP contribution in [0.15, 0.2) is 45.8 Å². The van der Waals surface area contributed by atoms with Crippen LogP contribution in [-0.4, -0.2) is 75.7 Å². The largest absolute Gasteiger partial charge is 0.339 e. The van der Waals surface area contributed by atoms with Gasteiger partial charge in [0.15, 0.2) is 0 Å². The fourth-order valence-electron chi connectivity index (χ4n) is 3.08. The summed E-state index contributed by atoms with van der Waals surface area (Å²) in [5.74, 6) is 0.0826. The molecule has 0 unspecified atom stereocenters. The Morgan fingerprint density at radius 2 is 1.84 bits per heavy atom. The van der Waals surface area contributed by atoms with Crippen LogP contribution in [0.25, 0.3) is 5.69 Å². The van der Waals surface area contributed by atoms with E-state index in [1.165, 1.54) is 22.1 Å². The number of halogens is 1. The Morgan fingerprint density at radius 3 is 2.48 bits per heavy atom. The van der Waals surface area contributed by atoms with Crippen LogP contribution in [0.2, 0.25) is 4.34 Å². The van der Waals surface area contributed by atoms with Crippen LogP contribution in [0.5, 0.6) is 0 Å². The monoisotopic (exact) mass is 498 g/mol. The van der Waals surface area contributed by atoms with Crippen LogP contribution >= 0.6 is 34.7 Å². The number of sulfonamides is 1. The lowest BCUT2D eigenvalue weighted by Gasteiger charge is -2.33. The molecule has 1 amide bonds. The van der Waals surface area contributed by atoms with Crippen molar-refractivity contribution in [3.8, 4) is 5.69 Å². The van der Waals surface area contributed by atoms with Gasteiger partial charge >= 0.3 is 0 Å². The normalized spacial score (nSPS) is 15.4. The molecule has 13 heteroatoms. The molecule has 1 fully saturated rings. The summed E-state index contributed by atoms with van der Waals surface area (Å²) in [5.41, 5.74) is 1.95. The van der Waals surface area contributed by atoms with Crippen molar-refractivity contribution in [2.75, 3.05) is 31.9 Å². The highest BCUT2D eigenvalue weighted by Crippen LogP contribution is 2.28. The number of thiophene rings is 1. The van der Waals surface area contributed by atoms with Gasteiger partial charge < -0.3 is 4.90 Å². The molecule has 2 aromatic heterocycles. The number of rotatable bonds is 6. The van der Waals surface area contributed by atoms with Gasteiger partial charge in [0.25, 0.3) is 10.0 Å². The van der Waals surface area contributed by atoms with Gasteiger partial charge in [0, 0.05) is 26.2 Å². The van der Waals surface area contributed by atoms with Gasteiger partial charge in [-0.15, -0.1) is 16.4 Å². The second kappa shape index (κ2) is 9.25. The highest BCUT2D eigenvalue weighted by molar-refractivity contribution is 7.99. The minimum absolute atomic E-state index is 0.0836. The lowest BCUT2D eigenvalue weighted by atomic mass is 10.2. The first-order chi connectivity index (χ1) is 14.8. The van der Waals surface area contributed by atoms with Crippen LogP contribution in [0, 0.1) is 6.92 Å². The molecule has 0 aliphatic carbocycles. The van der Waals surface area contributed by atoms with Crippen LogP contribution in [0.3, 0.4) is 0 Å². The molecule has 1 aromatic carbocycles. The first kappa shape index (κ1) is 22.2. The van der Waals surface area contributed by atoms with Crippen LogP contribution in [-0.2, 0) is 14.8 Å². The number of amides is 1. The zero-order valence-corrected chi connectivity index (χ0v) is 19.7. The minimum Gasteiger partial charge on any atom is -0.339 e. The minimum atomic E-state index is -3.58. The molecule has 164 valence electrons. The van der Waals surface area contributed by atoms with Gasteiger partial charge in [-0.05, 0) is 41.6 Å². The fraction of sp³-hybridized carbons (Fsp3) is 0.333.